The highest BCUT2D eigenvalue weighted by atomic mass is 32.2. The number of fused-ring (bicyclic) bond motifs is 1. The first kappa shape index (κ1) is 32.1. The number of nitrogens with two attached hydrogens (primary N) is 2. The molecule has 0 aliphatic carbocycles. The number of para-hydroxylation sites is 1. The molecule has 0 bridgehead atoms. The molecule has 0 saturated heterocycles. The van der Waals surface area contributed by atoms with E-state index in [1.807, 2.05) is 35.8 Å². The average molecular weight is 580 g/mol. The molecule has 0 spiro atoms. The maximum atomic E-state index is 12.6. The van der Waals surface area contributed by atoms with Crippen LogP contribution >= 0.6 is 11.8 Å². The van der Waals surface area contributed by atoms with Gasteiger partial charge < -0.3 is 47.9 Å². The number of carboxylic acid groups (broad SMARTS) is 1. The molecule has 0 saturated carbocycles. The standard InChI is InChI=1S/C24H33N7O8S/c1-12(21(36)30-17(6-19(26)33)23(38)28-8-20(34)35)29-24(39)18(9-32)31-22(37)15(25)11-40-10-13-7-27-16-5-3-2-4-14(13)16/h2-5,7,12,15,17-18,27,32H,6,8-11,25H2,1H3,(H2,26,33)(H,28,38)(H,29,39)(H,30,36)(H,31,37)(H,34,35)/t12-,15-,17-,18?/m0/s1. The maximum absolute atomic E-state index is 12.6. The van der Waals surface area contributed by atoms with Gasteiger partial charge in [-0.25, -0.2) is 0 Å². The average Bonchev–Trinajstić information content (AvgIpc) is 3.32. The first-order valence-electron chi connectivity index (χ1n) is 12.1. The molecule has 1 heterocycles. The Bertz CT molecular complexity index is 1240. The van der Waals surface area contributed by atoms with Gasteiger partial charge in [-0.05, 0) is 18.6 Å². The largest absolute Gasteiger partial charge is 0.480 e. The van der Waals surface area contributed by atoms with Crippen molar-refractivity contribution in [1.82, 2.24) is 26.3 Å². The van der Waals surface area contributed by atoms with E-state index in [0.29, 0.717) is 5.75 Å². The third-order valence-electron chi connectivity index (χ3n) is 5.59. The van der Waals surface area contributed by atoms with Crippen LogP contribution in [0.2, 0.25) is 0 Å². The van der Waals surface area contributed by atoms with Gasteiger partial charge in [0.05, 0.1) is 19.1 Å². The molecule has 2 rings (SSSR count). The van der Waals surface area contributed by atoms with Crippen molar-refractivity contribution in [2.45, 2.75) is 43.3 Å². The second kappa shape index (κ2) is 15.4. The number of aliphatic hydroxyl groups is 1. The molecular formula is C24H33N7O8S. The molecule has 218 valence electrons. The van der Waals surface area contributed by atoms with Crippen molar-refractivity contribution < 1.29 is 39.0 Å². The number of benzene rings is 1. The highest BCUT2D eigenvalue weighted by Gasteiger charge is 2.29. The van der Waals surface area contributed by atoms with Crippen molar-refractivity contribution >= 4 is 58.2 Å². The topological polar surface area (TPSA) is 259 Å². The summed E-state index contributed by atoms with van der Waals surface area (Å²) in [7, 11) is 0. The van der Waals surface area contributed by atoms with E-state index in [-0.39, 0.29) is 5.75 Å². The number of aromatic amines is 1. The number of H-pyrrole nitrogens is 1. The monoisotopic (exact) mass is 579 g/mol. The lowest BCUT2D eigenvalue weighted by Gasteiger charge is -2.23. The number of thioether (sulfide) groups is 1. The first-order valence-corrected chi connectivity index (χ1v) is 13.3. The molecule has 1 aromatic carbocycles. The van der Waals surface area contributed by atoms with Gasteiger partial charge in [-0.2, -0.15) is 11.8 Å². The highest BCUT2D eigenvalue weighted by molar-refractivity contribution is 7.98. The van der Waals surface area contributed by atoms with Crippen LogP contribution in [0.4, 0.5) is 0 Å². The van der Waals surface area contributed by atoms with Crippen molar-refractivity contribution in [2.75, 3.05) is 18.9 Å². The number of aliphatic carboxylic acids is 1. The third kappa shape index (κ3) is 9.87. The van der Waals surface area contributed by atoms with Crippen LogP contribution in [0.1, 0.15) is 18.9 Å². The third-order valence-corrected chi connectivity index (χ3v) is 6.70. The Hall–Kier alpha value is -4.15. The lowest BCUT2D eigenvalue weighted by atomic mass is 10.1. The van der Waals surface area contributed by atoms with Crippen LogP contribution in [0.15, 0.2) is 30.5 Å². The molecule has 2 aromatic rings. The minimum absolute atomic E-state index is 0.231. The van der Waals surface area contributed by atoms with Crippen molar-refractivity contribution in [3.63, 3.8) is 0 Å². The molecule has 0 aliphatic rings. The zero-order valence-corrected chi connectivity index (χ0v) is 22.5. The van der Waals surface area contributed by atoms with Gasteiger partial charge in [-0.1, -0.05) is 18.2 Å². The van der Waals surface area contributed by atoms with Crippen LogP contribution in [-0.2, 0) is 34.5 Å². The van der Waals surface area contributed by atoms with Crippen LogP contribution < -0.4 is 32.7 Å². The number of primary amides is 1. The number of hydrogen-bond donors (Lipinski definition) is 9. The fourth-order valence-corrected chi connectivity index (χ4v) is 4.45. The van der Waals surface area contributed by atoms with E-state index in [1.54, 1.807) is 0 Å². The van der Waals surface area contributed by atoms with E-state index in [0.717, 1.165) is 16.5 Å². The Balaban J connectivity index is 1.86. The smallest absolute Gasteiger partial charge is 0.322 e. The van der Waals surface area contributed by atoms with E-state index < -0.39 is 79.2 Å². The quantitative estimate of drug-likeness (QED) is 0.0991. The van der Waals surface area contributed by atoms with E-state index >= 15 is 0 Å². The number of rotatable bonds is 16. The van der Waals surface area contributed by atoms with Gasteiger partial charge in [0.2, 0.25) is 29.5 Å². The molecule has 16 heteroatoms. The van der Waals surface area contributed by atoms with Crippen molar-refractivity contribution in [1.29, 1.82) is 0 Å². The van der Waals surface area contributed by atoms with Gasteiger partial charge in [-0.15, -0.1) is 0 Å². The summed E-state index contributed by atoms with van der Waals surface area (Å²) < 4.78 is 0. The second-order valence-electron chi connectivity index (χ2n) is 8.80. The van der Waals surface area contributed by atoms with E-state index in [4.69, 9.17) is 16.6 Å². The molecule has 4 atom stereocenters. The van der Waals surface area contributed by atoms with Crippen molar-refractivity contribution in [3.05, 3.63) is 36.0 Å². The summed E-state index contributed by atoms with van der Waals surface area (Å²) >= 11 is 1.42. The summed E-state index contributed by atoms with van der Waals surface area (Å²) in [4.78, 5) is 74.8. The van der Waals surface area contributed by atoms with Gasteiger partial charge in [0, 0.05) is 28.6 Å². The number of carbonyl (C=O) groups excluding carboxylic acids is 5. The normalized spacial score (nSPS) is 13.9. The number of carboxylic acids is 1. The summed E-state index contributed by atoms with van der Waals surface area (Å²) in [6, 6.07) is 2.59. The Morgan fingerprint density at radius 3 is 2.30 bits per heavy atom. The second-order valence-corrected chi connectivity index (χ2v) is 9.83. The molecule has 40 heavy (non-hydrogen) atoms. The van der Waals surface area contributed by atoms with Crippen molar-refractivity contribution in [2.24, 2.45) is 11.5 Å². The zero-order valence-electron chi connectivity index (χ0n) is 21.6. The number of nitrogens with one attached hydrogen (secondary N) is 5. The summed E-state index contributed by atoms with van der Waals surface area (Å²) in [5, 5.41) is 28.2. The molecule has 0 fully saturated rings. The van der Waals surface area contributed by atoms with Gasteiger partial charge in [-0.3, -0.25) is 28.8 Å². The number of amides is 5. The Labute approximate surface area is 233 Å². The fourth-order valence-electron chi connectivity index (χ4n) is 3.47. The molecule has 0 aliphatic heterocycles. The number of aliphatic hydroxyl groups excluding tert-OH is 1. The molecule has 5 amide bonds. The number of carbonyl (C=O) groups is 6. The lowest BCUT2D eigenvalue weighted by Crippen LogP contribution is -2.58. The van der Waals surface area contributed by atoms with Crippen LogP contribution in [0.25, 0.3) is 10.9 Å². The SMILES string of the molecule is C[C@H](NC(=O)C(CO)NC(=O)[C@@H](N)CSCc1c[nH]c2ccccc12)C(=O)N[C@@H](CC(N)=O)C(=O)NCC(=O)O. The predicted molar refractivity (Wildman–Crippen MR) is 145 cm³/mol. The van der Waals surface area contributed by atoms with Gasteiger partial charge >= 0.3 is 5.97 Å². The van der Waals surface area contributed by atoms with Crippen LogP contribution in [0.3, 0.4) is 0 Å². The first-order chi connectivity index (χ1) is 18.9. The van der Waals surface area contributed by atoms with E-state index in [9.17, 15) is 33.9 Å². The van der Waals surface area contributed by atoms with Gasteiger partial charge in [0.1, 0.15) is 24.7 Å². The number of hydrogen-bond acceptors (Lipinski definition) is 9. The highest BCUT2D eigenvalue weighted by Crippen LogP contribution is 2.22. The molecule has 1 unspecified atom stereocenters. The predicted octanol–water partition coefficient (Wildman–Crippen LogP) is -2.73. The zero-order chi connectivity index (χ0) is 29.8. The van der Waals surface area contributed by atoms with Crippen LogP contribution in [-0.4, -0.2) is 93.8 Å². The van der Waals surface area contributed by atoms with E-state index in [1.165, 1.54) is 18.7 Å². The van der Waals surface area contributed by atoms with Crippen molar-refractivity contribution in [3.8, 4) is 0 Å². The minimum Gasteiger partial charge on any atom is -0.480 e. The van der Waals surface area contributed by atoms with E-state index in [2.05, 4.69) is 20.9 Å². The molecule has 11 N–H and O–H groups in total. The Morgan fingerprint density at radius 1 is 0.975 bits per heavy atom. The summed E-state index contributed by atoms with van der Waals surface area (Å²) in [6.45, 7) is -0.284. The molecule has 0 radical (unpaired) electrons. The molecule has 1 aromatic heterocycles. The Morgan fingerprint density at radius 2 is 1.65 bits per heavy atom. The fraction of sp³-hybridized carbons (Fsp3) is 0.417. The summed E-state index contributed by atoms with van der Waals surface area (Å²) in [6.07, 6.45) is 1.26. The minimum atomic E-state index is -1.49. The maximum Gasteiger partial charge on any atom is 0.322 e. The molecule has 15 nitrogen and oxygen atoms in total. The molecular weight excluding hydrogens is 546 g/mol. The lowest BCUT2D eigenvalue weighted by molar-refractivity contribution is -0.138. The number of aromatic nitrogens is 1. The summed E-state index contributed by atoms with van der Waals surface area (Å²) in [5.74, 6) is -4.92. The van der Waals surface area contributed by atoms with Crippen LogP contribution in [0, 0.1) is 0 Å². The Kier molecular flexibility index (Phi) is 12.4. The van der Waals surface area contributed by atoms with Crippen LogP contribution in [0.5, 0.6) is 0 Å². The summed E-state index contributed by atoms with van der Waals surface area (Å²) in [5.41, 5.74) is 13.1. The van der Waals surface area contributed by atoms with Gasteiger partial charge in [0.15, 0.2) is 0 Å². The van der Waals surface area contributed by atoms with Gasteiger partial charge in [0.25, 0.3) is 0 Å².